The van der Waals surface area contributed by atoms with Crippen molar-refractivity contribution in [3.05, 3.63) is 43.5 Å². The minimum atomic E-state index is -4.95. The molecule has 0 atom stereocenters. The lowest BCUT2D eigenvalue weighted by Gasteiger charge is -2.18. The highest BCUT2D eigenvalue weighted by atomic mass is 32.2. The summed E-state index contributed by atoms with van der Waals surface area (Å²) in [6.07, 6.45) is -8.81. The summed E-state index contributed by atoms with van der Waals surface area (Å²) >= 11 is 1.04. The lowest BCUT2D eigenvalue weighted by Crippen LogP contribution is -2.30. The summed E-state index contributed by atoms with van der Waals surface area (Å²) in [5.74, 6) is 0.316. The lowest BCUT2D eigenvalue weighted by molar-refractivity contribution is -0.137. The summed E-state index contributed by atoms with van der Waals surface area (Å²) in [5.41, 5.74) is -3.61. The summed E-state index contributed by atoms with van der Waals surface area (Å²) < 4.78 is 81.5. The van der Waals surface area contributed by atoms with Crippen molar-refractivity contribution in [2.24, 2.45) is 0 Å². The van der Waals surface area contributed by atoms with Gasteiger partial charge in [-0.1, -0.05) is 0 Å². The summed E-state index contributed by atoms with van der Waals surface area (Å²) in [6, 6.07) is 0.573. The molecule has 13 heteroatoms. The maximum atomic E-state index is 13.8. The number of halogens is 6. The number of benzene rings is 1. The molecule has 1 aliphatic rings. The van der Waals surface area contributed by atoms with Crippen molar-refractivity contribution in [2.75, 3.05) is 5.75 Å². The van der Waals surface area contributed by atoms with Gasteiger partial charge in [0.1, 0.15) is 9.88 Å². The fourth-order valence-corrected chi connectivity index (χ4v) is 5.23. The largest absolute Gasteiger partial charge is 0.427 e. The zero-order valence-electron chi connectivity index (χ0n) is 14.1. The lowest BCUT2D eigenvalue weighted by atomic mass is 10.0. The molecule has 0 bridgehead atoms. The zero-order valence-corrected chi connectivity index (χ0v) is 15.7. The van der Waals surface area contributed by atoms with Crippen molar-refractivity contribution in [1.29, 1.82) is 0 Å². The highest BCUT2D eigenvalue weighted by Gasteiger charge is 2.40. The van der Waals surface area contributed by atoms with E-state index in [4.69, 9.17) is 0 Å². The molecule has 0 amide bonds. The van der Waals surface area contributed by atoms with E-state index in [1.54, 1.807) is 0 Å². The number of nitrogens with one attached hydrogen (secondary N) is 1. The first-order valence-corrected chi connectivity index (χ1v) is 9.86. The van der Waals surface area contributed by atoms with Crippen LogP contribution in [0.15, 0.2) is 26.7 Å². The number of aromatic amines is 1. The molecule has 0 saturated heterocycles. The molecule has 0 saturated carbocycles. The molecule has 0 spiro atoms. The third-order valence-corrected chi connectivity index (χ3v) is 6.55. The van der Waals surface area contributed by atoms with Gasteiger partial charge in [-0.05, 0) is 18.2 Å². The van der Waals surface area contributed by atoms with Crippen molar-refractivity contribution < 1.29 is 26.3 Å². The van der Waals surface area contributed by atoms with Gasteiger partial charge in [-0.15, -0.1) is 23.1 Å². The van der Waals surface area contributed by atoms with Crippen LogP contribution in [0.2, 0.25) is 0 Å². The summed E-state index contributed by atoms with van der Waals surface area (Å²) in [4.78, 5) is 28.8. The average molecular weight is 453 g/mol. The van der Waals surface area contributed by atoms with Gasteiger partial charge < -0.3 is 0 Å². The van der Waals surface area contributed by atoms with Crippen LogP contribution >= 0.6 is 23.1 Å². The second-order valence-electron chi connectivity index (χ2n) is 6.16. The molecule has 1 N–H and O–H groups in total. The van der Waals surface area contributed by atoms with Gasteiger partial charge in [-0.3, -0.25) is 14.3 Å². The Morgan fingerprint density at radius 1 is 1.10 bits per heavy atom. The summed E-state index contributed by atoms with van der Waals surface area (Å²) in [7, 11) is 0. The Hall–Kier alpha value is -2.28. The second-order valence-corrected chi connectivity index (χ2v) is 8.30. The number of H-pyrrole nitrogens is 1. The van der Waals surface area contributed by atoms with Crippen molar-refractivity contribution in [3.8, 4) is 10.6 Å². The van der Waals surface area contributed by atoms with E-state index in [1.807, 2.05) is 4.98 Å². The molecule has 1 aromatic carbocycles. The second kappa shape index (κ2) is 6.62. The van der Waals surface area contributed by atoms with Gasteiger partial charge in [0.05, 0.1) is 22.7 Å². The van der Waals surface area contributed by atoms with Crippen molar-refractivity contribution >= 4 is 34.0 Å². The van der Waals surface area contributed by atoms with Crippen molar-refractivity contribution in [2.45, 2.75) is 30.2 Å². The van der Waals surface area contributed by atoms with Gasteiger partial charge in [0.25, 0.3) is 5.56 Å². The molecule has 0 aliphatic carbocycles. The molecule has 29 heavy (non-hydrogen) atoms. The normalized spacial score (nSPS) is 15.0. The van der Waals surface area contributed by atoms with Crippen LogP contribution in [-0.2, 0) is 18.9 Å². The molecule has 1 aliphatic heterocycles. The Bertz CT molecular complexity index is 1240. The van der Waals surface area contributed by atoms with Gasteiger partial charge in [-0.25, -0.2) is 9.78 Å². The molecular weight excluding hydrogens is 444 g/mol. The van der Waals surface area contributed by atoms with E-state index in [0.29, 0.717) is 24.4 Å². The molecule has 2 aromatic heterocycles. The molecule has 3 heterocycles. The van der Waals surface area contributed by atoms with E-state index in [-0.39, 0.29) is 33.7 Å². The molecule has 154 valence electrons. The molecule has 4 rings (SSSR count). The Kier molecular flexibility index (Phi) is 4.57. The number of nitrogens with zero attached hydrogens (tertiary/aromatic N) is 2. The quantitative estimate of drug-likeness (QED) is 0.557. The maximum absolute atomic E-state index is 13.8. The first kappa shape index (κ1) is 20.0. The predicted octanol–water partition coefficient (Wildman–Crippen LogP) is 4.35. The third-order valence-electron chi connectivity index (χ3n) is 4.31. The Balaban J connectivity index is 2.17. The van der Waals surface area contributed by atoms with Crippen molar-refractivity contribution in [3.63, 3.8) is 0 Å². The van der Waals surface area contributed by atoms with Crippen LogP contribution in [0.5, 0.6) is 0 Å². The van der Waals surface area contributed by atoms with Crippen LogP contribution in [0, 0.1) is 0 Å². The highest BCUT2D eigenvalue weighted by Crippen LogP contribution is 2.48. The van der Waals surface area contributed by atoms with Gasteiger partial charge in [0, 0.05) is 17.0 Å². The molecule has 0 fully saturated rings. The topological polar surface area (TPSA) is 67.8 Å². The Morgan fingerprint density at radius 3 is 2.45 bits per heavy atom. The number of rotatable bonds is 1. The predicted molar refractivity (Wildman–Crippen MR) is 95.3 cm³/mol. The number of aryl methyl sites for hydroxylation is 1. The molecule has 0 unspecified atom stereocenters. The highest BCUT2D eigenvalue weighted by molar-refractivity contribution is 7.99. The Labute approximate surface area is 165 Å². The minimum Gasteiger partial charge on any atom is -0.292 e. The number of thiazole rings is 1. The van der Waals surface area contributed by atoms with E-state index in [9.17, 15) is 35.9 Å². The first-order valence-electron chi connectivity index (χ1n) is 8.05. The smallest absolute Gasteiger partial charge is 0.292 e. The molecule has 3 aromatic rings. The van der Waals surface area contributed by atoms with E-state index in [2.05, 4.69) is 4.98 Å². The minimum absolute atomic E-state index is 0.0204. The van der Waals surface area contributed by atoms with Gasteiger partial charge in [0.2, 0.25) is 0 Å². The van der Waals surface area contributed by atoms with Crippen LogP contribution in [0.1, 0.15) is 16.9 Å². The Morgan fingerprint density at radius 2 is 1.83 bits per heavy atom. The van der Waals surface area contributed by atoms with Gasteiger partial charge >= 0.3 is 18.0 Å². The average Bonchev–Trinajstić information content (AvgIpc) is 2.99. The standard InChI is InChI=1S/C16H9F6N3O2S2/c17-15(18,19)7-4-6-10-11(9(7)13-23-5-8(29-13)16(20,21)22)28-3-1-2-25(10)14(27)24-12(6)26/h4-5H,1-3H2,(H,24,26,27). The van der Waals surface area contributed by atoms with Gasteiger partial charge in [0.15, 0.2) is 0 Å². The van der Waals surface area contributed by atoms with Crippen LogP contribution in [0.4, 0.5) is 26.3 Å². The maximum Gasteiger partial charge on any atom is 0.427 e. The van der Waals surface area contributed by atoms with Gasteiger partial charge in [-0.2, -0.15) is 26.3 Å². The van der Waals surface area contributed by atoms with E-state index >= 15 is 0 Å². The third kappa shape index (κ3) is 3.35. The first-order chi connectivity index (χ1) is 13.5. The number of thioether (sulfide) groups is 1. The van der Waals surface area contributed by atoms with Crippen molar-refractivity contribution in [1.82, 2.24) is 14.5 Å². The van der Waals surface area contributed by atoms with Crippen LogP contribution < -0.4 is 11.2 Å². The monoisotopic (exact) mass is 453 g/mol. The number of hydrogen-bond acceptors (Lipinski definition) is 5. The summed E-state index contributed by atoms with van der Waals surface area (Å²) in [5, 5.41) is -0.826. The SMILES string of the molecule is O=c1[nH]c(=O)n2c3c(c(-c4ncc(C(F)(F)F)s4)c(C(F)(F)F)cc13)SCCC2. The van der Waals surface area contributed by atoms with Crippen LogP contribution in [0.3, 0.4) is 0 Å². The van der Waals surface area contributed by atoms with Crippen LogP contribution in [0.25, 0.3) is 21.5 Å². The molecular formula is C16H9F6N3O2S2. The number of hydrogen-bond donors (Lipinski definition) is 1. The zero-order chi connectivity index (χ0) is 21.1. The molecule has 0 radical (unpaired) electrons. The number of aromatic nitrogens is 3. The number of alkyl halides is 6. The molecule has 5 nitrogen and oxygen atoms in total. The van der Waals surface area contributed by atoms with E-state index in [1.165, 1.54) is 0 Å². The fourth-order valence-electron chi connectivity index (χ4n) is 3.13. The van der Waals surface area contributed by atoms with Crippen LogP contribution in [-0.4, -0.2) is 20.3 Å². The van der Waals surface area contributed by atoms with E-state index < -0.39 is 44.6 Å². The fraction of sp³-hybridized carbons (Fsp3) is 0.312. The summed E-state index contributed by atoms with van der Waals surface area (Å²) in [6.45, 7) is 0.155. The van der Waals surface area contributed by atoms with E-state index in [0.717, 1.165) is 16.3 Å².